The Bertz CT molecular complexity index is 439. The zero-order valence-corrected chi connectivity index (χ0v) is 11.7. The van der Waals surface area contributed by atoms with Gasteiger partial charge in [-0.1, -0.05) is 0 Å². The van der Waals surface area contributed by atoms with Gasteiger partial charge in [-0.25, -0.2) is 9.59 Å². The average Bonchev–Trinajstić information content (AvgIpc) is 2.38. The number of likely N-dealkylation sites (tertiary alicyclic amines) is 1. The molecule has 1 aliphatic heterocycles. The lowest BCUT2D eigenvalue weighted by Gasteiger charge is -2.30. The molecule has 1 rings (SSSR count). The molecule has 0 saturated carbocycles. The first kappa shape index (κ1) is 16.7. The van der Waals surface area contributed by atoms with Crippen LogP contribution in [0.15, 0.2) is 0 Å². The second kappa shape index (κ2) is 7.46. The largest absolute Gasteiger partial charge is 0.481 e. The Morgan fingerprint density at radius 3 is 2.57 bits per heavy atom. The molecule has 1 heterocycles. The molecule has 4 N–H and O–H groups in total. The SMILES string of the molecule is CN1CC(NC(=O)NC(CCC(=O)O)C(=O)O)CCC1=O. The van der Waals surface area contributed by atoms with Crippen LogP contribution in [0.4, 0.5) is 4.79 Å². The van der Waals surface area contributed by atoms with Gasteiger partial charge in [0.1, 0.15) is 6.04 Å². The van der Waals surface area contributed by atoms with Gasteiger partial charge in [0.05, 0.1) is 0 Å². The Hall–Kier alpha value is -2.32. The van der Waals surface area contributed by atoms with Crippen LogP contribution in [0, 0.1) is 0 Å². The summed E-state index contributed by atoms with van der Waals surface area (Å²) in [7, 11) is 1.63. The molecule has 0 aromatic rings. The Morgan fingerprint density at radius 1 is 1.38 bits per heavy atom. The van der Waals surface area contributed by atoms with E-state index in [1.807, 2.05) is 0 Å². The van der Waals surface area contributed by atoms with Gasteiger partial charge in [0.2, 0.25) is 5.91 Å². The van der Waals surface area contributed by atoms with Crippen LogP contribution in [0.1, 0.15) is 25.7 Å². The maximum atomic E-state index is 11.7. The highest BCUT2D eigenvalue weighted by Gasteiger charge is 2.26. The van der Waals surface area contributed by atoms with Crippen molar-refractivity contribution in [3.05, 3.63) is 0 Å². The second-order valence-corrected chi connectivity index (χ2v) is 4.95. The highest BCUT2D eigenvalue weighted by Crippen LogP contribution is 2.09. The third kappa shape index (κ3) is 5.67. The first-order chi connectivity index (χ1) is 9.79. The molecule has 1 fully saturated rings. The van der Waals surface area contributed by atoms with Crippen LogP contribution < -0.4 is 10.6 Å². The van der Waals surface area contributed by atoms with E-state index in [0.717, 1.165) is 0 Å². The molecule has 0 bridgehead atoms. The fraction of sp³-hybridized carbons (Fsp3) is 0.667. The summed E-state index contributed by atoms with van der Waals surface area (Å²) in [6.45, 7) is 0.360. The fourth-order valence-electron chi connectivity index (χ4n) is 2.04. The summed E-state index contributed by atoms with van der Waals surface area (Å²) >= 11 is 0. The van der Waals surface area contributed by atoms with Crippen molar-refractivity contribution >= 4 is 23.9 Å². The third-order valence-corrected chi connectivity index (χ3v) is 3.21. The number of rotatable bonds is 6. The predicted octanol–water partition coefficient (Wildman–Crippen LogP) is -0.776. The van der Waals surface area contributed by atoms with Crippen LogP contribution >= 0.6 is 0 Å². The highest BCUT2D eigenvalue weighted by molar-refractivity contribution is 5.83. The van der Waals surface area contributed by atoms with Gasteiger partial charge in [0.15, 0.2) is 0 Å². The fourth-order valence-corrected chi connectivity index (χ4v) is 2.04. The average molecular weight is 301 g/mol. The van der Waals surface area contributed by atoms with E-state index >= 15 is 0 Å². The number of nitrogens with one attached hydrogen (secondary N) is 2. The van der Waals surface area contributed by atoms with Gasteiger partial charge in [-0.3, -0.25) is 9.59 Å². The minimum atomic E-state index is -1.29. The van der Waals surface area contributed by atoms with Crippen molar-refractivity contribution in [3.8, 4) is 0 Å². The summed E-state index contributed by atoms with van der Waals surface area (Å²) < 4.78 is 0. The normalized spacial score (nSPS) is 19.8. The van der Waals surface area contributed by atoms with Crippen LogP contribution in [0.5, 0.6) is 0 Å². The number of urea groups is 1. The number of amides is 3. The molecular weight excluding hydrogens is 282 g/mol. The number of piperidine rings is 1. The summed E-state index contributed by atoms with van der Waals surface area (Å²) in [5.74, 6) is -2.42. The van der Waals surface area contributed by atoms with Crippen molar-refractivity contribution in [2.75, 3.05) is 13.6 Å². The zero-order valence-electron chi connectivity index (χ0n) is 11.7. The van der Waals surface area contributed by atoms with Gasteiger partial charge < -0.3 is 25.7 Å². The summed E-state index contributed by atoms with van der Waals surface area (Å²) in [6, 6.07) is -2.19. The topological polar surface area (TPSA) is 136 Å². The Kier molecular flexibility index (Phi) is 5.94. The molecule has 2 unspecified atom stereocenters. The Morgan fingerprint density at radius 2 is 2.05 bits per heavy atom. The standard InChI is InChI=1S/C12H19N3O6/c1-15-6-7(2-4-9(15)16)13-12(21)14-8(11(19)20)3-5-10(17)18/h7-8H,2-6H2,1H3,(H,17,18)(H,19,20)(H2,13,14,21). The smallest absolute Gasteiger partial charge is 0.326 e. The first-order valence-electron chi connectivity index (χ1n) is 6.55. The minimum absolute atomic E-state index is 0.00155. The van der Waals surface area contributed by atoms with E-state index in [2.05, 4.69) is 10.6 Å². The minimum Gasteiger partial charge on any atom is -0.481 e. The highest BCUT2D eigenvalue weighted by atomic mass is 16.4. The molecule has 0 aromatic heterocycles. The van der Waals surface area contributed by atoms with E-state index in [1.165, 1.54) is 4.90 Å². The van der Waals surface area contributed by atoms with E-state index in [1.54, 1.807) is 7.05 Å². The second-order valence-electron chi connectivity index (χ2n) is 4.95. The predicted molar refractivity (Wildman–Crippen MR) is 70.6 cm³/mol. The molecule has 0 radical (unpaired) electrons. The van der Waals surface area contributed by atoms with Gasteiger partial charge in [-0.15, -0.1) is 0 Å². The Labute approximate surface area is 121 Å². The number of carboxylic acid groups (broad SMARTS) is 2. The molecule has 118 valence electrons. The molecule has 0 spiro atoms. The number of hydrogen-bond acceptors (Lipinski definition) is 4. The Balaban J connectivity index is 2.44. The van der Waals surface area contributed by atoms with Crippen molar-refractivity contribution in [1.29, 1.82) is 0 Å². The third-order valence-electron chi connectivity index (χ3n) is 3.21. The van der Waals surface area contributed by atoms with E-state index in [0.29, 0.717) is 19.4 Å². The summed E-state index contributed by atoms with van der Waals surface area (Å²) in [4.78, 5) is 45.9. The number of likely N-dealkylation sites (N-methyl/N-ethyl adjacent to an activating group) is 1. The van der Waals surface area contributed by atoms with Crippen LogP contribution in [0.25, 0.3) is 0 Å². The lowest BCUT2D eigenvalue weighted by molar-refractivity contribution is -0.140. The van der Waals surface area contributed by atoms with E-state index < -0.39 is 24.0 Å². The van der Waals surface area contributed by atoms with Crippen LogP contribution in [-0.2, 0) is 14.4 Å². The lowest BCUT2D eigenvalue weighted by Crippen LogP contribution is -2.53. The lowest BCUT2D eigenvalue weighted by atomic mass is 10.1. The quantitative estimate of drug-likeness (QED) is 0.508. The summed E-state index contributed by atoms with van der Waals surface area (Å²) in [6.07, 6.45) is 0.269. The zero-order chi connectivity index (χ0) is 16.0. The maximum Gasteiger partial charge on any atom is 0.326 e. The van der Waals surface area contributed by atoms with Gasteiger partial charge >= 0.3 is 18.0 Å². The van der Waals surface area contributed by atoms with Crippen molar-refractivity contribution in [3.63, 3.8) is 0 Å². The number of carboxylic acids is 2. The molecule has 1 saturated heterocycles. The molecular formula is C12H19N3O6. The summed E-state index contributed by atoms with van der Waals surface area (Å²) in [5.41, 5.74) is 0. The van der Waals surface area contributed by atoms with E-state index in [4.69, 9.17) is 10.2 Å². The number of aliphatic carboxylic acids is 2. The van der Waals surface area contributed by atoms with Gasteiger partial charge in [0, 0.05) is 32.5 Å². The molecule has 0 aromatic carbocycles. The first-order valence-corrected chi connectivity index (χ1v) is 6.55. The van der Waals surface area contributed by atoms with E-state index in [-0.39, 0.29) is 24.8 Å². The molecule has 0 aliphatic carbocycles. The molecule has 2 atom stereocenters. The van der Waals surface area contributed by atoms with Crippen molar-refractivity contribution < 1.29 is 29.4 Å². The van der Waals surface area contributed by atoms with Crippen molar-refractivity contribution in [2.24, 2.45) is 0 Å². The number of carbonyl (C=O) groups excluding carboxylic acids is 2. The van der Waals surface area contributed by atoms with Gasteiger partial charge in [-0.2, -0.15) is 0 Å². The van der Waals surface area contributed by atoms with Gasteiger partial charge in [-0.05, 0) is 12.8 Å². The molecule has 1 aliphatic rings. The van der Waals surface area contributed by atoms with E-state index in [9.17, 15) is 19.2 Å². The number of hydrogen-bond donors (Lipinski definition) is 4. The maximum absolute atomic E-state index is 11.7. The molecule has 9 heteroatoms. The number of nitrogens with zero attached hydrogens (tertiary/aromatic N) is 1. The van der Waals surface area contributed by atoms with Crippen molar-refractivity contribution in [1.82, 2.24) is 15.5 Å². The monoisotopic (exact) mass is 301 g/mol. The summed E-state index contributed by atoms with van der Waals surface area (Å²) in [5, 5.41) is 22.3. The number of carbonyl (C=O) groups is 4. The van der Waals surface area contributed by atoms with Crippen LogP contribution in [0.2, 0.25) is 0 Å². The van der Waals surface area contributed by atoms with Crippen LogP contribution in [0.3, 0.4) is 0 Å². The molecule has 3 amide bonds. The molecule has 9 nitrogen and oxygen atoms in total. The van der Waals surface area contributed by atoms with Crippen molar-refractivity contribution in [2.45, 2.75) is 37.8 Å². The molecule has 21 heavy (non-hydrogen) atoms. The van der Waals surface area contributed by atoms with Gasteiger partial charge in [0.25, 0.3) is 0 Å². The van der Waals surface area contributed by atoms with Crippen LogP contribution in [-0.4, -0.2) is 64.7 Å².